The fraction of sp³-hybridized carbons (Fsp3) is 0.478. The highest BCUT2D eigenvalue weighted by Crippen LogP contribution is 2.37. The van der Waals surface area contributed by atoms with Gasteiger partial charge in [-0.05, 0) is 25.2 Å². The smallest absolute Gasteiger partial charge is 0.380 e. The lowest BCUT2D eigenvalue weighted by Gasteiger charge is -2.26. The summed E-state index contributed by atoms with van der Waals surface area (Å²) in [5, 5.41) is 12.1. The van der Waals surface area contributed by atoms with Gasteiger partial charge in [0.15, 0.2) is 11.2 Å². The van der Waals surface area contributed by atoms with Gasteiger partial charge in [-0.15, -0.1) is 10.2 Å². The first kappa shape index (κ1) is 24.8. The van der Waals surface area contributed by atoms with E-state index in [4.69, 9.17) is 4.74 Å². The number of piperidine rings is 1. The lowest BCUT2D eigenvalue weighted by atomic mass is 10.1. The van der Waals surface area contributed by atoms with Crippen molar-refractivity contribution in [3.63, 3.8) is 0 Å². The Morgan fingerprint density at radius 2 is 2.11 bits per heavy atom. The summed E-state index contributed by atoms with van der Waals surface area (Å²) in [5.41, 5.74) is 1.35. The number of nitrogens with one attached hydrogen (secondary N) is 1. The van der Waals surface area contributed by atoms with E-state index >= 15 is 0 Å². The predicted molar refractivity (Wildman–Crippen MR) is 127 cm³/mol. The number of hydrogen-bond acceptors (Lipinski definition) is 7. The first-order valence-electron chi connectivity index (χ1n) is 11.5. The van der Waals surface area contributed by atoms with Gasteiger partial charge in [0.1, 0.15) is 11.6 Å². The minimum absolute atomic E-state index is 0.123. The van der Waals surface area contributed by atoms with Gasteiger partial charge in [0, 0.05) is 24.9 Å². The molecule has 0 radical (unpaired) electrons. The Bertz CT molecular complexity index is 1300. The van der Waals surface area contributed by atoms with E-state index in [0.717, 1.165) is 15.9 Å². The Balaban J connectivity index is 1.49. The van der Waals surface area contributed by atoms with Gasteiger partial charge >= 0.3 is 6.18 Å². The van der Waals surface area contributed by atoms with Crippen molar-refractivity contribution in [1.29, 1.82) is 0 Å². The van der Waals surface area contributed by atoms with Gasteiger partial charge in [0.25, 0.3) is 0 Å². The molecule has 0 unspecified atom stereocenters. The topological polar surface area (TPSA) is 84.6 Å². The summed E-state index contributed by atoms with van der Waals surface area (Å²) >= 11 is 1.11. The zero-order chi connectivity index (χ0) is 25.4. The molecular weight excluding hydrogens is 500 g/mol. The largest absolute Gasteiger partial charge is 0.406 e. The summed E-state index contributed by atoms with van der Waals surface area (Å²) in [5.74, 6) is -0.353. The predicted octanol–water partition coefficient (Wildman–Crippen LogP) is 3.73. The highest BCUT2D eigenvalue weighted by Gasteiger charge is 2.31. The molecular formula is C23H24F4N6O2S. The van der Waals surface area contributed by atoms with Gasteiger partial charge in [-0.2, -0.15) is 13.2 Å². The number of likely N-dealkylation sites (tertiary alicyclic amines) is 1. The average molecular weight is 525 g/mol. The molecule has 0 aliphatic carbocycles. The molecule has 2 fully saturated rings. The summed E-state index contributed by atoms with van der Waals surface area (Å²) in [6, 6.07) is 6.47. The maximum Gasteiger partial charge on any atom is 0.406 e. The highest BCUT2D eigenvalue weighted by atomic mass is 32.1. The molecule has 13 heteroatoms. The number of aromatic nitrogens is 3. The van der Waals surface area contributed by atoms with Crippen molar-refractivity contribution >= 4 is 39.5 Å². The van der Waals surface area contributed by atoms with Gasteiger partial charge in [-0.1, -0.05) is 17.4 Å². The minimum atomic E-state index is -4.48. The first-order valence-corrected chi connectivity index (χ1v) is 12.3. The molecule has 0 bridgehead atoms. The van der Waals surface area contributed by atoms with Crippen LogP contribution >= 0.6 is 11.3 Å². The van der Waals surface area contributed by atoms with Crippen molar-refractivity contribution in [2.45, 2.75) is 31.9 Å². The summed E-state index contributed by atoms with van der Waals surface area (Å²) in [6.07, 6.45) is -5.27. The molecule has 0 spiro atoms. The SMILES string of the molecule is CN1CC/C(=N\c2cccc3c2cc(-c2nnc(CNC(=O)C4COC4)s2)n3CC(F)(F)F)[C@@H](F)C1. The molecule has 2 aromatic heterocycles. The maximum atomic E-state index is 14.6. The lowest BCUT2D eigenvalue weighted by Crippen LogP contribution is -2.41. The maximum absolute atomic E-state index is 14.6. The monoisotopic (exact) mass is 524 g/mol. The van der Waals surface area contributed by atoms with E-state index < -0.39 is 18.9 Å². The molecule has 2 saturated heterocycles. The number of benzene rings is 1. The average Bonchev–Trinajstić information content (AvgIpc) is 3.37. The third kappa shape index (κ3) is 5.27. The summed E-state index contributed by atoms with van der Waals surface area (Å²) in [6.45, 7) is 0.530. The lowest BCUT2D eigenvalue weighted by molar-refractivity contribution is -0.140. The zero-order valence-electron chi connectivity index (χ0n) is 19.4. The van der Waals surface area contributed by atoms with E-state index in [1.807, 2.05) is 11.9 Å². The van der Waals surface area contributed by atoms with Crippen molar-refractivity contribution < 1.29 is 27.1 Å². The van der Waals surface area contributed by atoms with E-state index in [1.165, 1.54) is 0 Å². The van der Waals surface area contributed by atoms with Crippen LogP contribution in [0.1, 0.15) is 11.4 Å². The van der Waals surface area contributed by atoms with Crippen molar-refractivity contribution in [1.82, 2.24) is 25.0 Å². The van der Waals surface area contributed by atoms with E-state index in [0.29, 0.717) is 53.5 Å². The van der Waals surface area contributed by atoms with Gasteiger partial charge < -0.3 is 19.5 Å². The van der Waals surface area contributed by atoms with Crippen LogP contribution in [0.5, 0.6) is 0 Å². The standard InChI is InChI=1S/C23H24F4N6O2S/c1-32-6-5-17(15(24)9-32)29-16-3-2-4-18-14(16)7-19(33(18)12-23(25,26)27)22-31-30-20(36-22)8-28-21(34)13-10-35-11-13/h2-4,7,13,15H,5-6,8-12H2,1H3,(H,28,34)/b29-17+/t15-/m0/s1. The van der Waals surface area contributed by atoms with E-state index in [1.54, 1.807) is 24.3 Å². The number of ether oxygens (including phenoxy) is 1. The number of halogens is 4. The molecule has 1 aromatic carbocycles. The van der Waals surface area contributed by atoms with Crippen LogP contribution in [-0.4, -0.2) is 77.0 Å². The normalized spacial score (nSPS) is 20.7. The third-order valence-corrected chi connectivity index (χ3v) is 7.16. The number of nitrogens with zero attached hydrogens (tertiary/aromatic N) is 5. The van der Waals surface area contributed by atoms with Crippen LogP contribution < -0.4 is 5.32 Å². The fourth-order valence-corrected chi connectivity index (χ4v) is 5.03. The van der Waals surface area contributed by atoms with Crippen molar-refractivity contribution in [3.8, 4) is 10.7 Å². The van der Waals surface area contributed by atoms with Crippen LogP contribution in [0.4, 0.5) is 23.2 Å². The van der Waals surface area contributed by atoms with Crippen molar-refractivity contribution in [2.24, 2.45) is 10.9 Å². The molecule has 1 N–H and O–H groups in total. The second-order valence-corrected chi connectivity index (χ2v) is 10.0. The number of carbonyl (C=O) groups excluding carboxylic acids is 1. The number of alkyl halides is 4. The third-order valence-electron chi connectivity index (χ3n) is 6.22. The molecule has 1 atom stereocenters. The van der Waals surface area contributed by atoms with Gasteiger partial charge in [-0.25, -0.2) is 4.39 Å². The molecule has 192 valence electrons. The number of hydrogen-bond donors (Lipinski definition) is 1. The molecule has 8 nitrogen and oxygen atoms in total. The number of fused-ring (bicyclic) bond motifs is 1. The number of rotatable bonds is 6. The molecule has 1 amide bonds. The number of aliphatic imine (C=N–C) groups is 1. The second kappa shape index (κ2) is 9.87. The summed E-state index contributed by atoms with van der Waals surface area (Å²) in [4.78, 5) is 18.4. The van der Waals surface area contributed by atoms with Gasteiger partial charge in [-0.3, -0.25) is 9.79 Å². The van der Waals surface area contributed by atoms with Gasteiger partial charge in [0.05, 0.1) is 48.3 Å². The van der Waals surface area contributed by atoms with Crippen molar-refractivity contribution in [2.75, 3.05) is 33.4 Å². The molecule has 5 rings (SSSR count). The molecule has 2 aliphatic heterocycles. The Kier molecular flexibility index (Phi) is 6.79. The van der Waals surface area contributed by atoms with Crippen LogP contribution in [0.2, 0.25) is 0 Å². The Hall–Kier alpha value is -2.90. The second-order valence-electron chi connectivity index (χ2n) is 8.98. The molecule has 2 aliphatic rings. The molecule has 3 aromatic rings. The van der Waals surface area contributed by atoms with Crippen LogP contribution in [0.3, 0.4) is 0 Å². The Labute approximate surface area is 208 Å². The van der Waals surface area contributed by atoms with E-state index in [2.05, 4.69) is 20.5 Å². The quantitative estimate of drug-likeness (QED) is 0.497. The van der Waals surface area contributed by atoms with E-state index in [9.17, 15) is 22.4 Å². The zero-order valence-corrected chi connectivity index (χ0v) is 20.2. The van der Waals surface area contributed by atoms with Crippen LogP contribution in [0.25, 0.3) is 21.6 Å². The van der Waals surface area contributed by atoms with E-state index in [-0.39, 0.29) is 35.6 Å². The van der Waals surface area contributed by atoms with Crippen molar-refractivity contribution in [3.05, 3.63) is 29.3 Å². The highest BCUT2D eigenvalue weighted by molar-refractivity contribution is 7.14. The van der Waals surface area contributed by atoms with Crippen LogP contribution in [-0.2, 0) is 22.6 Å². The van der Waals surface area contributed by atoms with Crippen LogP contribution in [0, 0.1) is 5.92 Å². The number of carbonyl (C=O) groups is 1. The Morgan fingerprint density at radius 3 is 2.81 bits per heavy atom. The summed E-state index contributed by atoms with van der Waals surface area (Å²) < 4.78 is 61.3. The first-order chi connectivity index (χ1) is 17.2. The van der Waals surface area contributed by atoms with Crippen LogP contribution in [0.15, 0.2) is 29.3 Å². The fourth-order valence-electron chi connectivity index (χ4n) is 4.23. The Morgan fingerprint density at radius 1 is 1.31 bits per heavy atom. The van der Waals surface area contributed by atoms with Gasteiger partial charge in [0.2, 0.25) is 5.91 Å². The molecule has 36 heavy (non-hydrogen) atoms. The number of amides is 1. The minimum Gasteiger partial charge on any atom is -0.380 e. The molecule has 0 saturated carbocycles. The summed E-state index contributed by atoms with van der Waals surface area (Å²) in [7, 11) is 1.83. The molecule has 4 heterocycles.